The second-order valence-corrected chi connectivity index (χ2v) is 9.27. The Morgan fingerprint density at radius 2 is 1.97 bits per heavy atom. The van der Waals surface area contributed by atoms with Crippen LogP contribution in [0.3, 0.4) is 0 Å². The summed E-state index contributed by atoms with van der Waals surface area (Å²) in [6.07, 6.45) is 8.24. The highest BCUT2D eigenvalue weighted by Crippen LogP contribution is 2.50. The summed E-state index contributed by atoms with van der Waals surface area (Å²) in [6.45, 7) is 1.89. The minimum atomic E-state index is -0.588. The number of aromatic nitrogens is 3. The number of hydrogen-bond donors (Lipinski definition) is 1. The molecule has 0 saturated heterocycles. The number of methoxy groups -OCH3 is 1. The first kappa shape index (κ1) is 22.4. The Balaban J connectivity index is 1.68. The molecule has 5 rings (SSSR count). The van der Waals surface area contributed by atoms with Crippen LogP contribution in [-0.2, 0) is 7.05 Å². The van der Waals surface area contributed by atoms with Crippen molar-refractivity contribution in [2.24, 2.45) is 7.05 Å². The van der Waals surface area contributed by atoms with Gasteiger partial charge in [-0.3, -0.25) is 14.3 Å². The predicted octanol–water partition coefficient (Wildman–Crippen LogP) is 4.93. The average molecular weight is 469 g/mol. The van der Waals surface area contributed by atoms with E-state index in [1.807, 2.05) is 23.3 Å². The van der Waals surface area contributed by atoms with Crippen molar-refractivity contribution in [3.05, 3.63) is 51.5 Å². The van der Waals surface area contributed by atoms with Crippen LogP contribution < -0.4 is 15.6 Å². The smallest absolute Gasteiger partial charge is 0.277 e. The third kappa shape index (κ3) is 3.73. The van der Waals surface area contributed by atoms with E-state index in [0.29, 0.717) is 22.4 Å². The summed E-state index contributed by atoms with van der Waals surface area (Å²) in [4.78, 5) is 26.4. The summed E-state index contributed by atoms with van der Waals surface area (Å²) in [5.74, 6) is -0.778. The number of carbonyl (C=O) groups excluding carboxylic acids is 1. The molecule has 34 heavy (non-hydrogen) atoms. The average Bonchev–Trinajstić information content (AvgIpc) is 3.46. The number of rotatable bonds is 6. The lowest BCUT2D eigenvalue weighted by Gasteiger charge is -2.24. The molecule has 8 nitrogen and oxygen atoms in total. The first-order chi connectivity index (χ1) is 16.4. The van der Waals surface area contributed by atoms with Crippen LogP contribution in [0, 0.1) is 12.7 Å². The lowest BCUT2D eigenvalue weighted by molar-refractivity contribution is 0.101. The molecule has 1 N–H and O–H groups in total. The number of amides is 1. The van der Waals surface area contributed by atoms with Gasteiger partial charge in [0.05, 0.1) is 24.4 Å². The van der Waals surface area contributed by atoms with E-state index in [1.165, 1.54) is 31.9 Å². The number of anilines is 1. The van der Waals surface area contributed by atoms with Crippen molar-refractivity contribution in [3.8, 4) is 16.9 Å². The number of carbonyl (C=O) groups is 1. The number of hydrogen-bond acceptors (Lipinski definition) is 5. The van der Waals surface area contributed by atoms with Gasteiger partial charge in [-0.25, -0.2) is 9.07 Å². The fourth-order valence-corrected chi connectivity index (χ4v) is 5.19. The Kier molecular flexibility index (Phi) is 5.79. The first-order valence-corrected chi connectivity index (χ1v) is 11.8. The van der Waals surface area contributed by atoms with Crippen molar-refractivity contribution >= 4 is 11.6 Å². The molecule has 2 aromatic heterocycles. The Morgan fingerprint density at radius 3 is 2.59 bits per heavy atom. The zero-order valence-corrected chi connectivity index (χ0v) is 19.7. The molecule has 2 aliphatic rings. The fraction of sp³-hybridized carbons (Fsp3) is 0.480. The molecule has 0 aliphatic heterocycles. The molecule has 0 unspecified atom stereocenters. The molecular formula is C25H29FN4O4. The molecule has 0 spiro atoms. The molecule has 2 saturated carbocycles. The summed E-state index contributed by atoms with van der Waals surface area (Å²) < 4.78 is 29.8. The van der Waals surface area contributed by atoms with Gasteiger partial charge in [-0.2, -0.15) is 0 Å². The molecule has 0 atom stereocenters. The summed E-state index contributed by atoms with van der Waals surface area (Å²) in [5, 5.41) is 6.24. The maximum absolute atomic E-state index is 15.7. The third-order valence-corrected chi connectivity index (χ3v) is 7.14. The highest BCUT2D eigenvalue weighted by Gasteiger charge is 2.35. The van der Waals surface area contributed by atoms with E-state index in [0.717, 1.165) is 44.2 Å². The summed E-state index contributed by atoms with van der Waals surface area (Å²) in [7, 11) is 3.38. The van der Waals surface area contributed by atoms with Crippen LogP contribution in [0.4, 0.5) is 10.1 Å². The molecule has 2 heterocycles. The van der Waals surface area contributed by atoms with Gasteiger partial charge in [0.15, 0.2) is 11.5 Å². The molecule has 0 bridgehead atoms. The molecule has 1 aromatic carbocycles. The fourth-order valence-electron chi connectivity index (χ4n) is 5.19. The summed E-state index contributed by atoms with van der Waals surface area (Å²) in [6, 6.07) is 3.05. The van der Waals surface area contributed by atoms with Crippen molar-refractivity contribution in [1.82, 2.24) is 14.5 Å². The Labute approximate surface area is 196 Å². The van der Waals surface area contributed by atoms with Gasteiger partial charge in [-0.15, -0.1) is 0 Å². The molecule has 180 valence electrons. The van der Waals surface area contributed by atoms with E-state index in [1.54, 1.807) is 0 Å². The molecule has 3 aromatic rings. The lowest BCUT2D eigenvalue weighted by atomic mass is 9.95. The number of ether oxygens (including phenoxy) is 1. The zero-order chi connectivity index (χ0) is 24.0. The van der Waals surface area contributed by atoms with Crippen LogP contribution in [0.2, 0.25) is 0 Å². The van der Waals surface area contributed by atoms with Gasteiger partial charge >= 0.3 is 0 Å². The normalized spacial score (nSPS) is 16.6. The van der Waals surface area contributed by atoms with Gasteiger partial charge in [0.2, 0.25) is 0 Å². The van der Waals surface area contributed by atoms with Crippen molar-refractivity contribution in [2.75, 3.05) is 12.4 Å². The van der Waals surface area contributed by atoms with E-state index >= 15 is 4.39 Å². The standard InChI is InChI=1S/C25H29FN4O4/c1-14-20(25(32)30(29(14)2)16-7-5-4-6-8-16)17-13-19(27-24(31)18-11-12-34-28-18)22(26)21(15-9-10-15)23(17)33-3/h11-13,15-16H,4-10H2,1-3H3,(H,27,31). The Bertz CT molecular complexity index is 1280. The van der Waals surface area contributed by atoms with Crippen molar-refractivity contribution in [2.45, 2.75) is 63.8 Å². The number of halogens is 1. The minimum Gasteiger partial charge on any atom is -0.496 e. The lowest BCUT2D eigenvalue weighted by Crippen LogP contribution is -2.28. The van der Waals surface area contributed by atoms with Crippen LogP contribution in [0.25, 0.3) is 11.1 Å². The van der Waals surface area contributed by atoms with Crippen LogP contribution in [-0.4, -0.2) is 27.5 Å². The van der Waals surface area contributed by atoms with E-state index in [2.05, 4.69) is 10.5 Å². The topological polar surface area (TPSA) is 91.3 Å². The molecular weight excluding hydrogens is 439 g/mol. The van der Waals surface area contributed by atoms with E-state index in [9.17, 15) is 9.59 Å². The summed E-state index contributed by atoms with van der Waals surface area (Å²) >= 11 is 0. The minimum absolute atomic E-state index is 0.00225. The largest absolute Gasteiger partial charge is 0.496 e. The Morgan fingerprint density at radius 1 is 1.24 bits per heavy atom. The third-order valence-electron chi connectivity index (χ3n) is 7.14. The molecule has 2 aliphatic carbocycles. The van der Waals surface area contributed by atoms with Gasteiger partial charge in [0.1, 0.15) is 12.0 Å². The van der Waals surface area contributed by atoms with Crippen molar-refractivity contribution < 1.29 is 18.4 Å². The van der Waals surface area contributed by atoms with Gasteiger partial charge in [0.25, 0.3) is 11.5 Å². The molecule has 9 heteroatoms. The highest BCUT2D eigenvalue weighted by atomic mass is 19.1. The SMILES string of the molecule is COc1c(-c2c(C)n(C)n(C3CCCCC3)c2=O)cc(NC(=O)c2ccon2)c(F)c1C1CC1. The van der Waals surface area contributed by atoms with E-state index in [4.69, 9.17) is 9.26 Å². The predicted molar refractivity (Wildman–Crippen MR) is 125 cm³/mol. The van der Waals surface area contributed by atoms with E-state index in [-0.39, 0.29) is 28.9 Å². The first-order valence-electron chi connectivity index (χ1n) is 11.8. The zero-order valence-electron chi connectivity index (χ0n) is 19.7. The maximum Gasteiger partial charge on any atom is 0.277 e. The van der Waals surface area contributed by atoms with Crippen molar-refractivity contribution in [1.29, 1.82) is 0 Å². The second-order valence-electron chi connectivity index (χ2n) is 9.27. The molecule has 0 radical (unpaired) electrons. The quantitative estimate of drug-likeness (QED) is 0.554. The molecule has 1 amide bonds. The van der Waals surface area contributed by atoms with Gasteiger partial charge in [-0.1, -0.05) is 24.4 Å². The van der Waals surface area contributed by atoms with Crippen molar-refractivity contribution in [3.63, 3.8) is 0 Å². The number of nitrogens with zero attached hydrogens (tertiary/aromatic N) is 3. The summed E-state index contributed by atoms with van der Waals surface area (Å²) in [5.41, 5.74) is 2.07. The number of nitrogens with one attached hydrogen (secondary N) is 1. The van der Waals surface area contributed by atoms with Crippen LogP contribution in [0.5, 0.6) is 5.75 Å². The maximum atomic E-state index is 15.7. The van der Waals surface area contributed by atoms with Crippen LogP contribution in [0.15, 0.2) is 27.7 Å². The highest BCUT2D eigenvalue weighted by molar-refractivity contribution is 6.03. The van der Waals surface area contributed by atoms with Crippen LogP contribution >= 0.6 is 0 Å². The van der Waals surface area contributed by atoms with E-state index < -0.39 is 11.7 Å². The van der Waals surface area contributed by atoms with Gasteiger partial charge < -0.3 is 14.6 Å². The Hall–Kier alpha value is -3.36. The molecule has 2 fully saturated rings. The van der Waals surface area contributed by atoms with Crippen LogP contribution in [0.1, 0.15) is 78.7 Å². The monoisotopic (exact) mass is 468 g/mol. The van der Waals surface area contributed by atoms with Gasteiger partial charge in [0, 0.05) is 29.9 Å². The van der Waals surface area contributed by atoms with Gasteiger partial charge in [-0.05, 0) is 44.6 Å². The number of benzene rings is 1. The second kappa shape index (κ2) is 8.77.